The Morgan fingerprint density at radius 1 is 0.875 bits per heavy atom. The average molecular weight is 314 g/mol. The first-order valence-corrected chi connectivity index (χ1v) is 8.14. The van der Waals surface area contributed by atoms with E-state index in [9.17, 15) is 0 Å². The van der Waals surface area contributed by atoms with Crippen LogP contribution in [0.1, 0.15) is 5.56 Å². The van der Waals surface area contributed by atoms with Crippen LogP contribution < -0.4 is 9.30 Å². The van der Waals surface area contributed by atoms with E-state index in [1.54, 1.807) is 7.11 Å². The summed E-state index contributed by atoms with van der Waals surface area (Å²) in [4.78, 5) is 0. The van der Waals surface area contributed by atoms with Crippen molar-refractivity contribution in [3.8, 4) is 17.0 Å². The molecule has 0 aliphatic carbocycles. The van der Waals surface area contributed by atoms with Crippen LogP contribution in [0.2, 0.25) is 0 Å². The molecule has 1 heterocycles. The van der Waals surface area contributed by atoms with Crippen molar-refractivity contribution in [3.05, 3.63) is 72.3 Å². The van der Waals surface area contributed by atoms with Crippen LogP contribution in [-0.4, -0.2) is 7.11 Å². The SMILES string of the molecule is COc1ccc(-c2cc(C)c3c4ccccc4ccc3[n+]2C)cc1. The molecular weight excluding hydrogens is 294 g/mol. The fourth-order valence-corrected chi connectivity index (χ4v) is 3.50. The molecule has 0 unspecified atom stereocenters. The van der Waals surface area contributed by atoms with E-state index < -0.39 is 0 Å². The van der Waals surface area contributed by atoms with Crippen molar-refractivity contribution in [2.45, 2.75) is 6.92 Å². The number of ether oxygens (including phenoxy) is 1. The molecule has 0 saturated carbocycles. The third-order valence-electron chi connectivity index (χ3n) is 4.76. The lowest BCUT2D eigenvalue weighted by atomic mass is 9.99. The van der Waals surface area contributed by atoms with Crippen molar-refractivity contribution < 1.29 is 9.30 Å². The summed E-state index contributed by atoms with van der Waals surface area (Å²) in [7, 11) is 3.83. The number of benzene rings is 3. The highest BCUT2D eigenvalue weighted by Gasteiger charge is 2.18. The van der Waals surface area contributed by atoms with Crippen molar-refractivity contribution in [1.29, 1.82) is 0 Å². The van der Waals surface area contributed by atoms with E-state index in [1.807, 2.05) is 12.1 Å². The van der Waals surface area contributed by atoms with Gasteiger partial charge in [-0.3, -0.25) is 0 Å². The predicted molar refractivity (Wildman–Crippen MR) is 99.4 cm³/mol. The maximum atomic E-state index is 5.27. The summed E-state index contributed by atoms with van der Waals surface area (Å²) in [6, 6.07) is 23.5. The Labute approximate surface area is 141 Å². The van der Waals surface area contributed by atoms with E-state index in [4.69, 9.17) is 4.74 Å². The highest BCUT2D eigenvalue weighted by molar-refractivity contribution is 6.07. The minimum atomic E-state index is 0.880. The van der Waals surface area contributed by atoms with Crippen LogP contribution in [-0.2, 0) is 7.05 Å². The standard InChI is InChI=1S/C22H20NO/c1-15-14-21(17-8-11-18(24-3)12-9-17)23(2)20-13-10-16-6-4-5-7-19(16)22(15)20/h4-14H,1-3H3/q+1. The molecule has 24 heavy (non-hydrogen) atoms. The number of aromatic nitrogens is 1. The van der Waals surface area contributed by atoms with Gasteiger partial charge in [0.1, 0.15) is 12.8 Å². The van der Waals surface area contributed by atoms with Crippen molar-refractivity contribution >= 4 is 21.7 Å². The molecular formula is C22H20NO+. The number of aryl methyl sites for hydroxylation is 2. The molecule has 0 aliphatic rings. The minimum absolute atomic E-state index is 0.880. The second kappa shape index (κ2) is 5.64. The van der Waals surface area contributed by atoms with Gasteiger partial charge in [-0.05, 0) is 53.6 Å². The second-order valence-corrected chi connectivity index (χ2v) is 6.18. The van der Waals surface area contributed by atoms with Crippen LogP contribution in [0, 0.1) is 6.92 Å². The lowest BCUT2D eigenvalue weighted by Crippen LogP contribution is -2.32. The summed E-state index contributed by atoms with van der Waals surface area (Å²) in [5.74, 6) is 0.880. The summed E-state index contributed by atoms with van der Waals surface area (Å²) >= 11 is 0. The zero-order chi connectivity index (χ0) is 16.7. The van der Waals surface area contributed by atoms with Crippen LogP contribution in [0.25, 0.3) is 32.9 Å². The molecule has 2 nitrogen and oxygen atoms in total. The van der Waals surface area contributed by atoms with Crippen LogP contribution in [0.4, 0.5) is 0 Å². The molecule has 0 aliphatic heterocycles. The molecule has 4 rings (SSSR count). The van der Waals surface area contributed by atoms with Gasteiger partial charge in [0.25, 0.3) is 0 Å². The number of hydrogen-bond donors (Lipinski definition) is 0. The molecule has 1 aromatic heterocycles. The fraction of sp³-hybridized carbons (Fsp3) is 0.136. The summed E-state index contributed by atoms with van der Waals surface area (Å²) < 4.78 is 7.55. The maximum Gasteiger partial charge on any atom is 0.213 e. The maximum absolute atomic E-state index is 5.27. The zero-order valence-corrected chi connectivity index (χ0v) is 14.2. The van der Waals surface area contributed by atoms with Crippen molar-refractivity contribution in [2.75, 3.05) is 7.11 Å². The summed E-state index contributed by atoms with van der Waals surface area (Å²) in [6.07, 6.45) is 0. The zero-order valence-electron chi connectivity index (χ0n) is 14.2. The average Bonchev–Trinajstić information content (AvgIpc) is 2.64. The second-order valence-electron chi connectivity index (χ2n) is 6.18. The summed E-state index contributed by atoms with van der Waals surface area (Å²) in [5, 5.41) is 3.92. The van der Waals surface area contributed by atoms with Gasteiger partial charge in [0.2, 0.25) is 11.2 Å². The normalized spacial score (nSPS) is 11.1. The Morgan fingerprint density at radius 2 is 1.62 bits per heavy atom. The molecule has 4 aromatic rings. The Hall–Kier alpha value is -2.87. The molecule has 0 amide bonds. The number of methoxy groups -OCH3 is 1. The predicted octanol–water partition coefficient (Wildman–Crippen LogP) is 4.80. The smallest absolute Gasteiger partial charge is 0.213 e. The van der Waals surface area contributed by atoms with Gasteiger partial charge in [0.15, 0.2) is 0 Å². The molecule has 0 fully saturated rings. The first kappa shape index (κ1) is 14.7. The molecule has 2 heteroatoms. The van der Waals surface area contributed by atoms with E-state index in [0.29, 0.717) is 0 Å². The lowest BCUT2D eigenvalue weighted by molar-refractivity contribution is -0.633. The largest absolute Gasteiger partial charge is 0.497 e. The Morgan fingerprint density at radius 3 is 2.38 bits per heavy atom. The molecule has 0 bridgehead atoms. The van der Waals surface area contributed by atoms with Gasteiger partial charge in [-0.2, -0.15) is 4.57 Å². The Bertz CT molecular complexity index is 1050. The molecule has 3 aromatic carbocycles. The number of nitrogens with zero attached hydrogens (tertiary/aromatic N) is 1. The van der Waals surface area contributed by atoms with Gasteiger partial charge < -0.3 is 4.74 Å². The highest BCUT2D eigenvalue weighted by Crippen LogP contribution is 2.29. The summed E-state index contributed by atoms with van der Waals surface area (Å²) in [6.45, 7) is 2.20. The van der Waals surface area contributed by atoms with Crippen molar-refractivity contribution in [1.82, 2.24) is 0 Å². The fourth-order valence-electron chi connectivity index (χ4n) is 3.50. The topological polar surface area (TPSA) is 13.1 Å². The Balaban J connectivity index is 2.01. The van der Waals surface area contributed by atoms with Crippen LogP contribution in [0.15, 0.2) is 66.7 Å². The molecule has 0 atom stereocenters. The van der Waals surface area contributed by atoms with Gasteiger partial charge in [-0.1, -0.05) is 24.3 Å². The van der Waals surface area contributed by atoms with Crippen molar-refractivity contribution in [2.24, 2.45) is 7.05 Å². The quantitative estimate of drug-likeness (QED) is 0.382. The lowest BCUT2D eigenvalue weighted by Gasteiger charge is -2.09. The van der Waals surface area contributed by atoms with E-state index in [-0.39, 0.29) is 0 Å². The van der Waals surface area contributed by atoms with Gasteiger partial charge in [0.05, 0.1) is 12.5 Å². The monoisotopic (exact) mass is 314 g/mol. The number of rotatable bonds is 2. The molecule has 0 spiro atoms. The van der Waals surface area contributed by atoms with Gasteiger partial charge in [-0.25, -0.2) is 0 Å². The number of pyridine rings is 1. The molecule has 0 N–H and O–H groups in total. The van der Waals surface area contributed by atoms with E-state index in [1.165, 1.54) is 38.5 Å². The van der Waals surface area contributed by atoms with E-state index in [2.05, 4.69) is 73.1 Å². The van der Waals surface area contributed by atoms with Crippen molar-refractivity contribution in [3.63, 3.8) is 0 Å². The first-order valence-electron chi connectivity index (χ1n) is 8.14. The van der Waals surface area contributed by atoms with Crippen LogP contribution >= 0.6 is 0 Å². The Kier molecular flexibility index (Phi) is 3.46. The first-order chi connectivity index (χ1) is 11.7. The summed E-state index contributed by atoms with van der Waals surface area (Å²) in [5.41, 5.74) is 4.94. The van der Waals surface area contributed by atoms with Gasteiger partial charge in [0, 0.05) is 17.7 Å². The molecule has 0 saturated heterocycles. The third kappa shape index (κ3) is 2.23. The molecule has 118 valence electrons. The van der Waals surface area contributed by atoms with Crippen LogP contribution in [0.3, 0.4) is 0 Å². The van der Waals surface area contributed by atoms with Gasteiger partial charge in [-0.15, -0.1) is 0 Å². The number of fused-ring (bicyclic) bond motifs is 3. The number of hydrogen-bond acceptors (Lipinski definition) is 1. The third-order valence-corrected chi connectivity index (χ3v) is 4.76. The highest BCUT2D eigenvalue weighted by atomic mass is 16.5. The van der Waals surface area contributed by atoms with E-state index in [0.717, 1.165) is 5.75 Å². The van der Waals surface area contributed by atoms with E-state index >= 15 is 0 Å². The minimum Gasteiger partial charge on any atom is -0.497 e. The van der Waals surface area contributed by atoms with Gasteiger partial charge >= 0.3 is 0 Å². The molecule has 0 radical (unpaired) electrons. The van der Waals surface area contributed by atoms with Crippen LogP contribution in [0.5, 0.6) is 5.75 Å².